The summed E-state index contributed by atoms with van der Waals surface area (Å²) in [5.41, 5.74) is 2.32. The molecular weight excluding hydrogens is 420 g/mol. The lowest BCUT2D eigenvalue weighted by atomic mass is 10.2. The molecule has 0 bridgehead atoms. The zero-order chi connectivity index (χ0) is 17.8. The van der Waals surface area contributed by atoms with Crippen LogP contribution in [-0.4, -0.2) is 24.3 Å². The highest BCUT2D eigenvalue weighted by Gasteiger charge is 2.15. The van der Waals surface area contributed by atoms with E-state index in [-0.39, 0.29) is 5.91 Å². The van der Waals surface area contributed by atoms with E-state index in [1.54, 1.807) is 24.9 Å². The topological polar surface area (TPSA) is 51.2 Å². The average molecular weight is 435 g/mol. The van der Waals surface area contributed by atoms with E-state index in [1.807, 2.05) is 48.0 Å². The predicted octanol–water partition coefficient (Wildman–Crippen LogP) is 5.56. The molecule has 0 fully saturated rings. The lowest BCUT2D eigenvalue weighted by Gasteiger charge is -2.09. The number of methoxy groups -OCH3 is 1. The van der Waals surface area contributed by atoms with E-state index in [9.17, 15) is 4.79 Å². The van der Waals surface area contributed by atoms with Crippen molar-refractivity contribution in [2.24, 2.45) is 0 Å². The maximum absolute atomic E-state index is 12.5. The van der Waals surface area contributed by atoms with Crippen molar-refractivity contribution >= 4 is 50.1 Å². The number of hydrogen-bond acceptors (Lipinski definition) is 5. The summed E-state index contributed by atoms with van der Waals surface area (Å²) in [6.07, 6.45) is 1.98. The summed E-state index contributed by atoms with van der Waals surface area (Å²) in [5.74, 6) is 0.315. The zero-order valence-corrected chi connectivity index (χ0v) is 16.8. The Morgan fingerprint density at radius 3 is 2.68 bits per heavy atom. The number of halogens is 1. The number of carbonyl (C=O) groups is 1. The van der Waals surface area contributed by atoms with Gasteiger partial charge in [-0.25, -0.2) is 4.98 Å². The van der Waals surface area contributed by atoms with Crippen molar-refractivity contribution in [2.75, 3.05) is 18.7 Å². The molecule has 3 rings (SSSR count). The van der Waals surface area contributed by atoms with Gasteiger partial charge in [-0.3, -0.25) is 10.1 Å². The zero-order valence-electron chi connectivity index (χ0n) is 13.6. The van der Waals surface area contributed by atoms with Gasteiger partial charge in [0.15, 0.2) is 5.13 Å². The number of hydrogen-bond donors (Lipinski definition) is 1. The molecule has 0 aliphatic carbocycles. The van der Waals surface area contributed by atoms with Gasteiger partial charge >= 0.3 is 0 Å². The maximum atomic E-state index is 12.5. The van der Waals surface area contributed by atoms with E-state index >= 15 is 0 Å². The van der Waals surface area contributed by atoms with Crippen molar-refractivity contribution < 1.29 is 9.53 Å². The van der Waals surface area contributed by atoms with Crippen molar-refractivity contribution in [3.05, 3.63) is 57.9 Å². The summed E-state index contributed by atoms with van der Waals surface area (Å²) >= 11 is 6.41. The number of ether oxygens (including phenoxy) is 1. The van der Waals surface area contributed by atoms with Crippen LogP contribution in [0.3, 0.4) is 0 Å². The highest BCUT2D eigenvalue weighted by atomic mass is 79.9. The molecule has 0 aliphatic rings. The highest BCUT2D eigenvalue weighted by Crippen LogP contribution is 2.29. The second kappa shape index (κ2) is 8.03. The summed E-state index contributed by atoms with van der Waals surface area (Å²) in [6.45, 7) is 0. The fourth-order valence-corrected chi connectivity index (χ4v) is 3.64. The average Bonchev–Trinajstić information content (AvgIpc) is 3.10. The molecule has 3 aromatic rings. The molecule has 0 radical (unpaired) electrons. The first-order valence-electron chi connectivity index (χ1n) is 7.35. The lowest BCUT2D eigenvalue weighted by Crippen LogP contribution is -2.13. The van der Waals surface area contributed by atoms with Crippen LogP contribution in [0.25, 0.3) is 11.3 Å². The molecule has 7 heteroatoms. The number of aromatic nitrogens is 1. The van der Waals surface area contributed by atoms with Crippen LogP contribution in [0.5, 0.6) is 5.75 Å². The second-order valence-electron chi connectivity index (χ2n) is 5.07. The Kier molecular flexibility index (Phi) is 5.78. The Morgan fingerprint density at radius 1 is 1.24 bits per heavy atom. The molecule has 128 valence electrons. The molecule has 25 heavy (non-hydrogen) atoms. The number of amides is 1. The molecule has 2 aromatic carbocycles. The molecule has 0 aliphatic heterocycles. The molecule has 1 heterocycles. The first-order valence-corrected chi connectivity index (χ1v) is 10.3. The van der Waals surface area contributed by atoms with Gasteiger partial charge in [0, 0.05) is 20.3 Å². The monoisotopic (exact) mass is 434 g/mol. The van der Waals surface area contributed by atoms with Crippen molar-refractivity contribution in [1.29, 1.82) is 0 Å². The second-order valence-corrected chi connectivity index (χ2v) is 7.72. The molecule has 1 aromatic heterocycles. The van der Waals surface area contributed by atoms with Crippen LogP contribution in [0.1, 0.15) is 10.4 Å². The fourth-order valence-electron chi connectivity index (χ4n) is 2.23. The molecule has 0 spiro atoms. The van der Waals surface area contributed by atoms with E-state index < -0.39 is 0 Å². The van der Waals surface area contributed by atoms with E-state index in [0.717, 1.165) is 20.6 Å². The summed E-state index contributed by atoms with van der Waals surface area (Å²) in [6, 6.07) is 13.4. The van der Waals surface area contributed by atoms with Crippen molar-refractivity contribution in [3.8, 4) is 17.0 Å². The smallest absolute Gasteiger partial charge is 0.261 e. The number of nitrogens with one attached hydrogen (secondary N) is 1. The third-order valence-corrected chi connectivity index (χ3v) is 5.53. The summed E-state index contributed by atoms with van der Waals surface area (Å²) in [7, 11) is 1.56. The quantitative estimate of drug-likeness (QED) is 0.534. The summed E-state index contributed by atoms with van der Waals surface area (Å²) in [5, 5.41) is 5.32. The SMILES string of the molecule is COc1cc(SC)ccc1C(=O)Nc1nc(-c2ccc(Br)cc2)cs1. The largest absolute Gasteiger partial charge is 0.496 e. The number of thiazole rings is 1. The normalized spacial score (nSPS) is 10.5. The van der Waals surface area contributed by atoms with Crippen LogP contribution in [0.4, 0.5) is 5.13 Å². The molecule has 0 atom stereocenters. The van der Waals surface area contributed by atoms with Gasteiger partial charge in [-0.15, -0.1) is 23.1 Å². The van der Waals surface area contributed by atoms with Gasteiger partial charge in [-0.05, 0) is 36.6 Å². The van der Waals surface area contributed by atoms with Gasteiger partial charge in [0.05, 0.1) is 18.4 Å². The summed E-state index contributed by atoms with van der Waals surface area (Å²) in [4.78, 5) is 18.1. The summed E-state index contributed by atoms with van der Waals surface area (Å²) < 4.78 is 6.35. The molecule has 0 unspecified atom stereocenters. The molecule has 4 nitrogen and oxygen atoms in total. The van der Waals surface area contributed by atoms with Gasteiger partial charge in [-0.2, -0.15) is 0 Å². The van der Waals surface area contributed by atoms with Gasteiger partial charge < -0.3 is 4.74 Å². The predicted molar refractivity (Wildman–Crippen MR) is 108 cm³/mol. The van der Waals surface area contributed by atoms with E-state index in [2.05, 4.69) is 26.2 Å². The highest BCUT2D eigenvalue weighted by molar-refractivity contribution is 9.10. The Labute approximate surface area is 162 Å². The van der Waals surface area contributed by atoms with Gasteiger partial charge in [0.1, 0.15) is 5.75 Å². The van der Waals surface area contributed by atoms with Gasteiger partial charge in [-0.1, -0.05) is 28.1 Å². The Morgan fingerprint density at radius 2 is 2.00 bits per heavy atom. The van der Waals surface area contributed by atoms with E-state index in [1.165, 1.54) is 11.3 Å². The molecule has 0 saturated carbocycles. The van der Waals surface area contributed by atoms with Gasteiger partial charge in [0.25, 0.3) is 5.91 Å². The maximum Gasteiger partial charge on any atom is 0.261 e. The molecule has 1 amide bonds. The first kappa shape index (κ1) is 18.0. The number of thioether (sulfide) groups is 1. The molecule has 1 N–H and O–H groups in total. The Bertz CT molecular complexity index is 894. The number of anilines is 1. The molecular formula is C18H15BrN2O2S2. The van der Waals surface area contributed by atoms with Crippen LogP contribution in [0.2, 0.25) is 0 Å². The van der Waals surface area contributed by atoms with Crippen molar-refractivity contribution in [3.63, 3.8) is 0 Å². The number of benzene rings is 2. The van der Waals surface area contributed by atoms with Crippen molar-refractivity contribution in [1.82, 2.24) is 4.98 Å². The van der Waals surface area contributed by atoms with E-state index in [4.69, 9.17) is 4.74 Å². The first-order chi connectivity index (χ1) is 12.1. The Hall–Kier alpha value is -1.83. The van der Waals surface area contributed by atoms with Crippen molar-refractivity contribution in [2.45, 2.75) is 4.90 Å². The Balaban J connectivity index is 1.79. The number of carbonyl (C=O) groups excluding carboxylic acids is 1. The third-order valence-electron chi connectivity index (χ3n) is 3.52. The molecule has 0 saturated heterocycles. The van der Waals surface area contributed by atoms with Crippen LogP contribution >= 0.6 is 39.0 Å². The van der Waals surface area contributed by atoms with Crippen LogP contribution in [0, 0.1) is 0 Å². The van der Waals surface area contributed by atoms with Gasteiger partial charge in [0.2, 0.25) is 0 Å². The van der Waals surface area contributed by atoms with E-state index in [0.29, 0.717) is 16.4 Å². The third kappa shape index (κ3) is 4.23. The number of nitrogens with zero attached hydrogens (tertiary/aromatic N) is 1. The van der Waals surface area contributed by atoms with Crippen LogP contribution < -0.4 is 10.1 Å². The van der Waals surface area contributed by atoms with Crippen LogP contribution in [0.15, 0.2) is 57.2 Å². The standard InChI is InChI=1S/C18H15BrN2O2S2/c1-23-16-9-13(24-2)7-8-14(16)17(22)21-18-20-15(10-25-18)11-3-5-12(19)6-4-11/h3-10H,1-2H3,(H,20,21,22). The minimum Gasteiger partial charge on any atom is -0.496 e. The fraction of sp³-hybridized carbons (Fsp3) is 0.111. The lowest BCUT2D eigenvalue weighted by molar-refractivity contribution is 0.102. The minimum absolute atomic E-state index is 0.235. The van der Waals surface area contributed by atoms with Crippen LogP contribution in [-0.2, 0) is 0 Å². The minimum atomic E-state index is -0.235. The number of rotatable bonds is 5.